The summed E-state index contributed by atoms with van der Waals surface area (Å²) < 4.78 is 25.7. The molecule has 1 amide bonds. The minimum Gasteiger partial charge on any atom is -0.324 e. The Morgan fingerprint density at radius 3 is 2.31 bits per heavy atom. The average molecular weight is 415 g/mol. The first-order valence-corrected chi connectivity index (χ1v) is 10.4. The minimum absolute atomic E-state index is 0.208. The van der Waals surface area contributed by atoms with Gasteiger partial charge >= 0.3 is 0 Å². The number of nitrogens with one attached hydrogen (secondary N) is 1. The molecule has 1 N–H and O–H groups in total. The van der Waals surface area contributed by atoms with E-state index in [0.717, 1.165) is 21.7 Å². The Morgan fingerprint density at radius 1 is 1.08 bits per heavy atom. The normalized spacial score (nSPS) is 12.5. The van der Waals surface area contributed by atoms with Gasteiger partial charge in [0.25, 0.3) is 0 Å². The Labute approximate surface area is 164 Å². The molecular weight excluding hydrogens is 395 g/mol. The molecule has 0 saturated heterocycles. The molecule has 140 valence electrons. The zero-order valence-corrected chi connectivity index (χ0v) is 17.2. The highest BCUT2D eigenvalue weighted by Crippen LogP contribution is 2.30. The first-order chi connectivity index (χ1) is 12.0. The molecule has 0 heterocycles. The molecule has 26 heavy (non-hydrogen) atoms. The lowest BCUT2D eigenvalue weighted by atomic mass is 10.1. The van der Waals surface area contributed by atoms with Crippen molar-refractivity contribution in [1.82, 2.24) is 0 Å². The number of carbonyl (C=O) groups excluding carboxylic acids is 1. The van der Waals surface area contributed by atoms with Gasteiger partial charge in [-0.05, 0) is 56.2 Å². The van der Waals surface area contributed by atoms with E-state index in [1.807, 2.05) is 32.0 Å². The van der Waals surface area contributed by atoms with Gasteiger partial charge in [0.1, 0.15) is 6.04 Å². The van der Waals surface area contributed by atoms with Gasteiger partial charge in [-0.2, -0.15) is 0 Å². The van der Waals surface area contributed by atoms with E-state index in [-0.39, 0.29) is 10.7 Å². The number of halogens is 2. The average Bonchev–Trinajstić information content (AvgIpc) is 2.53. The van der Waals surface area contributed by atoms with Crippen LogP contribution in [-0.4, -0.2) is 26.6 Å². The Morgan fingerprint density at radius 2 is 1.73 bits per heavy atom. The molecule has 1 atom stereocenters. The molecule has 0 aliphatic carbocycles. The van der Waals surface area contributed by atoms with E-state index >= 15 is 0 Å². The zero-order valence-electron chi connectivity index (χ0n) is 14.9. The van der Waals surface area contributed by atoms with Crippen molar-refractivity contribution < 1.29 is 13.2 Å². The van der Waals surface area contributed by atoms with Crippen LogP contribution in [0.25, 0.3) is 0 Å². The Balaban J connectivity index is 2.37. The fourth-order valence-electron chi connectivity index (χ4n) is 2.54. The summed E-state index contributed by atoms with van der Waals surface area (Å²) in [5.41, 5.74) is 2.79. The molecule has 0 aliphatic rings. The highest BCUT2D eigenvalue weighted by molar-refractivity contribution is 7.92. The molecule has 0 saturated carbocycles. The topological polar surface area (TPSA) is 66.5 Å². The third-order valence-electron chi connectivity index (χ3n) is 3.90. The lowest BCUT2D eigenvalue weighted by Gasteiger charge is -2.28. The molecule has 8 heteroatoms. The van der Waals surface area contributed by atoms with Crippen LogP contribution < -0.4 is 9.62 Å². The first-order valence-electron chi connectivity index (χ1n) is 7.83. The van der Waals surface area contributed by atoms with Crippen LogP contribution in [0.4, 0.5) is 11.4 Å². The fraction of sp³-hybridized carbons (Fsp3) is 0.278. The molecule has 0 radical (unpaired) electrons. The summed E-state index contributed by atoms with van der Waals surface area (Å²) in [5, 5.41) is 3.31. The minimum atomic E-state index is -3.73. The van der Waals surface area contributed by atoms with Gasteiger partial charge in [0.15, 0.2) is 0 Å². The lowest BCUT2D eigenvalue weighted by Crippen LogP contribution is -2.45. The van der Waals surface area contributed by atoms with E-state index in [4.69, 9.17) is 23.2 Å². The maximum Gasteiger partial charge on any atom is 0.248 e. The Bertz CT molecular complexity index is 945. The van der Waals surface area contributed by atoms with Crippen molar-refractivity contribution in [2.45, 2.75) is 26.8 Å². The molecule has 0 spiro atoms. The van der Waals surface area contributed by atoms with Crippen LogP contribution >= 0.6 is 23.2 Å². The molecule has 0 fully saturated rings. The summed E-state index contributed by atoms with van der Waals surface area (Å²) in [5.74, 6) is -0.449. The highest BCUT2D eigenvalue weighted by atomic mass is 35.5. The van der Waals surface area contributed by atoms with Crippen LogP contribution in [0.5, 0.6) is 0 Å². The van der Waals surface area contributed by atoms with Crippen molar-refractivity contribution >= 4 is 50.5 Å². The van der Waals surface area contributed by atoms with Crippen molar-refractivity contribution in [2.75, 3.05) is 15.9 Å². The van der Waals surface area contributed by atoms with Crippen LogP contribution in [0, 0.1) is 13.8 Å². The van der Waals surface area contributed by atoms with Crippen LogP contribution in [0.2, 0.25) is 10.0 Å². The fourth-order valence-corrected chi connectivity index (χ4v) is 4.00. The smallest absolute Gasteiger partial charge is 0.248 e. The number of aryl methyl sites for hydroxylation is 2. The highest BCUT2D eigenvalue weighted by Gasteiger charge is 2.29. The molecule has 0 aliphatic heterocycles. The third-order valence-corrected chi connectivity index (χ3v) is 5.88. The number of nitrogens with zero attached hydrogens (tertiary/aromatic N) is 1. The summed E-state index contributed by atoms with van der Waals surface area (Å²) >= 11 is 11.9. The zero-order chi connectivity index (χ0) is 19.6. The van der Waals surface area contributed by atoms with Crippen LogP contribution in [0.3, 0.4) is 0 Å². The summed E-state index contributed by atoms with van der Waals surface area (Å²) in [7, 11) is -3.73. The van der Waals surface area contributed by atoms with E-state index in [9.17, 15) is 13.2 Å². The largest absolute Gasteiger partial charge is 0.324 e. The molecule has 5 nitrogen and oxygen atoms in total. The second-order valence-electron chi connectivity index (χ2n) is 6.14. The summed E-state index contributed by atoms with van der Waals surface area (Å²) in [6.07, 6.45) is 1.04. The second-order valence-corrected chi connectivity index (χ2v) is 8.81. The number of benzene rings is 2. The molecule has 2 rings (SSSR count). The van der Waals surface area contributed by atoms with Gasteiger partial charge in [-0.3, -0.25) is 9.10 Å². The molecular formula is C18H20Cl2N2O3S. The van der Waals surface area contributed by atoms with E-state index in [0.29, 0.717) is 10.7 Å². The molecule has 0 aromatic heterocycles. The number of amides is 1. The monoisotopic (exact) mass is 414 g/mol. The Kier molecular flexibility index (Phi) is 6.21. The van der Waals surface area contributed by atoms with Crippen LogP contribution in [0.1, 0.15) is 18.1 Å². The molecule has 2 aromatic carbocycles. The number of sulfonamides is 1. The number of hydrogen-bond donors (Lipinski definition) is 1. The predicted octanol–water partition coefficient (Wildman–Crippen LogP) is 4.40. The van der Waals surface area contributed by atoms with Crippen LogP contribution in [-0.2, 0) is 14.8 Å². The van der Waals surface area contributed by atoms with E-state index in [1.54, 1.807) is 0 Å². The number of anilines is 2. The summed E-state index contributed by atoms with van der Waals surface area (Å²) in [4.78, 5) is 12.7. The quantitative estimate of drug-likeness (QED) is 0.787. The van der Waals surface area contributed by atoms with Crippen molar-refractivity contribution in [3.05, 3.63) is 57.6 Å². The van der Waals surface area contributed by atoms with Gasteiger partial charge in [0.05, 0.1) is 22.0 Å². The van der Waals surface area contributed by atoms with Crippen molar-refractivity contribution in [1.29, 1.82) is 0 Å². The van der Waals surface area contributed by atoms with Gasteiger partial charge in [-0.1, -0.05) is 35.3 Å². The number of rotatable bonds is 5. The third kappa shape index (κ3) is 4.69. The number of hydrogen-bond acceptors (Lipinski definition) is 3. The van der Waals surface area contributed by atoms with Gasteiger partial charge in [-0.15, -0.1) is 0 Å². The maximum absolute atomic E-state index is 12.7. The Hall–Kier alpha value is -1.76. The van der Waals surface area contributed by atoms with Crippen molar-refractivity contribution in [3.63, 3.8) is 0 Å². The van der Waals surface area contributed by atoms with Gasteiger partial charge in [0.2, 0.25) is 15.9 Å². The van der Waals surface area contributed by atoms with Crippen molar-refractivity contribution in [2.24, 2.45) is 0 Å². The SMILES string of the molecule is Cc1ccc(C)c(NC(=O)[C@H](C)N(c2ccc(Cl)c(Cl)c2)S(C)(=O)=O)c1. The first kappa shape index (κ1) is 20.6. The summed E-state index contributed by atoms with van der Waals surface area (Å²) in [6.45, 7) is 5.30. The van der Waals surface area contributed by atoms with E-state index in [1.165, 1.54) is 25.1 Å². The molecule has 0 bridgehead atoms. The maximum atomic E-state index is 12.7. The van der Waals surface area contributed by atoms with Gasteiger partial charge in [-0.25, -0.2) is 8.42 Å². The summed E-state index contributed by atoms with van der Waals surface area (Å²) in [6, 6.07) is 9.11. The standard InChI is InChI=1S/C18H20Cl2N2O3S/c1-11-5-6-12(2)17(9-11)21-18(23)13(3)22(26(4,24)25)14-7-8-15(19)16(20)10-14/h5-10,13H,1-4H3,(H,21,23)/t13-/m0/s1. The predicted molar refractivity (Wildman–Crippen MR) is 108 cm³/mol. The van der Waals surface area contributed by atoms with Crippen LogP contribution in [0.15, 0.2) is 36.4 Å². The molecule has 0 unspecified atom stereocenters. The van der Waals surface area contributed by atoms with Crippen molar-refractivity contribution in [3.8, 4) is 0 Å². The van der Waals surface area contributed by atoms with E-state index in [2.05, 4.69) is 5.32 Å². The second kappa shape index (κ2) is 7.86. The van der Waals surface area contributed by atoms with E-state index < -0.39 is 22.0 Å². The molecule has 2 aromatic rings. The van der Waals surface area contributed by atoms with Gasteiger partial charge < -0.3 is 5.32 Å². The number of carbonyl (C=O) groups is 1. The lowest BCUT2D eigenvalue weighted by molar-refractivity contribution is -0.116. The van der Waals surface area contributed by atoms with Gasteiger partial charge in [0, 0.05) is 5.69 Å².